The smallest absolute Gasteiger partial charge is 0.0681 e. The van der Waals surface area contributed by atoms with Crippen molar-refractivity contribution in [3.8, 4) is 0 Å². The molecule has 1 atom stereocenters. The fraction of sp³-hybridized carbons (Fsp3) is 0.368. The molecule has 1 nitrogen and oxygen atoms in total. The van der Waals surface area contributed by atoms with Crippen molar-refractivity contribution < 1.29 is 4.74 Å². The van der Waals surface area contributed by atoms with Crippen LogP contribution < -0.4 is 0 Å². The Hall–Kier alpha value is -1.31. The van der Waals surface area contributed by atoms with Crippen LogP contribution in [0.15, 0.2) is 54.6 Å². The molecule has 0 amide bonds. The third-order valence-corrected chi connectivity index (χ3v) is 5.16. The molecule has 2 aromatic rings. The number of benzene rings is 2. The van der Waals surface area contributed by atoms with E-state index in [1.54, 1.807) is 7.11 Å². The van der Waals surface area contributed by atoms with Crippen molar-refractivity contribution in [3.05, 3.63) is 71.3 Å². The zero-order chi connectivity index (χ0) is 14.7. The molecule has 0 aliphatic heterocycles. The predicted molar refractivity (Wildman–Crippen MR) is 88.0 cm³/mol. The normalized spacial score (nSPS) is 17.4. The van der Waals surface area contributed by atoms with Gasteiger partial charge in [0.1, 0.15) is 0 Å². The molecule has 0 saturated heterocycles. The molecule has 1 fully saturated rings. The Morgan fingerprint density at radius 2 is 1.71 bits per heavy atom. The Balaban J connectivity index is 1.77. The van der Waals surface area contributed by atoms with Crippen LogP contribution in [0.3, 0.4) is 0 Å². The highest BCUT2D eigenvalue weighted by Gasteiger charge is 2.50. The van der Waals surface area contributed by atoms with E-state index in [0.29, 0.717) is 0 Å². The molecule has 0 bridgehead atoms. The second-order valence-corrected chi connectivity index (χ2v) is 6.31. The Labute approximate surface area is 131 Å². The zero-order valence-corrected chi connectivity index (χ0v) is 13.1. The molecule has 2 heteroatoms. The van der Waals surface area contributed by atoms with Gasteiger partial charge in [-0.2, -0.15) is 0 Å². The molecule has 110 valence electrons. The Kier molecular flexibility index (Phi) is 4.32. The average Bonchev–Trinajstić information content (AvgIpc) is 3.35. The van der Waals surface area contributed by atoms with Gasteiger partial charge < -0.3 is 4.74 Å². The summed E-state index contributed by atoms with van der Waals surface area (Å²) in [6.07, 6.45) is 3.31. The van der Waals surface area contributed by atoms with E-state index >= 15 is 0 Å². The third kappa shape index (κ3) is 3.00. The quantitative estimate of drug-likeness (QED) is 0.690. The van der Waals surface area contributed by atoms with Crippen molar-refractivity contribution >= 4 is 11.6 Å². The number of hydrogen-bond acceptors (Lipinski definition) is 1. The predicted octanol–water partition coefficient (Wildman–Crippen LogP) is 4.89. The highest BCUT2D eigenvalue weighted by molar-refractivity contribution is 6.22. The molecular weight excluding hydrogens is 280 g/mol. The number of rotatable bonds is 6. The van der Waals surface area contributed by atoms with E-state index < -0.39 is 0 Å². The van der Waals surface area contributed by atoms with Crippen molar-refractivity contribution in [1.29, 1.82) is 0 Å². The Morgan fingerprint density at radius 3 is 2.29 bits per heavy atom. The van der Waals surface area contributed by atoms with Crippen LogP contribution in [0, 0.1) is 0 Å². The van der Waals surface area contributed by atoms with E-state index in [0.717, 1.165) is 13.0 Å². The first kappa shape index (κ1) is 14.6. The van der Waals surface area contributed by atoms with E-state index in [1.165, 1.54) is 29.5 Å². The lowest BCUT2D eigenvalue weighted by atomic mass is 9.88. The summed E-state index contributed by atoms with van der Waals surface area (Å²) < 4.78 is 5.12. The minimum Gasteiger partial charge on any atom is -0.384 e. The summed E-state index contributed by atoms with van der Waals surface area (Å²) in [4.78, 5) is 0. The van der Waals surface area contributed by atoms with Crippen LogP contribution in [0.1, 0.15) is 34.9 Å². The maximum absolute atomic E-state index is 6.83. The molecule has 0 spiro atoms. The van der Waals surface area contributed by atoms with Gasteiger partial charge in [0.2, 0.25) is 0 Å². The van der Waals surface area contributed by atoms with Crippen LogP contribution in [0.25, 0.3) is 0 Å². The minimum absolute atomic E-state index is 0.0522. The first-order valence-corrected chi connectivity index (χ1v) is 7.97. The molecule has 0 aromatic heterocycles. The maximum atomic E-state index is 6.83. The van der Waals surface area contributed by atoms with Gasteiger partial charge in [0.25, 0.3) is 0 Å². The van der Waals surface area contributed by atoms with Crippen molar-refractivity contribution in [2.75, 3.05) is 13.7 Å². The minimum atomic E-state index is 0.0522. The molecule has 2 aromatic carbocycles. The number of ether oxygens (including phenoxy) is 1. The first-order valence-electron chi connectivity index (χ1n) is 7.54. The second kappa shape index (κ2) is 6.21. The van der Waals surface area contributed by atoms with Gasteiger partial charge in [0.15, 0.2) is 0 Å². The van der Waals surface area contributed by atoms with E-state index in [1.807, 2.05) is 0 Å². The van der Waals surface area contributed by atoms with E-state index in [-0.39, 0.29) is 10.8 Å². The summed E-state index contributed by atoms with van der Waals surface area (Å²) in [5.74, 6) is 0. The monoisotopic (exact) mass is 300 g/mol. The molecule has 1 unspecified atom stereocenters. The summed E-state index contributed by atoms with van der Waals surface area (Å²) in [5.41, 5.74) is 4.03. The van der Waals surface area contributed by atoms with E-state index in [2.05, 4.69) is 54.6 Å². The summed E-state index contributed by atoms with van der Waals surface area (Å²) >= 11 is 6.83. The lowest BCUT2D eigenvalue weighted by Gasteiger charge is -2.22. The molecule has 1 aliphatic rings. The van der Waals surface area contributed by atoms with Gasteiger partial charge in [0, 0.05) is 12.5 Å². The van der Waals surface area contributed by atoms with Gasteiger partial charge in [0.05, 0.1) is 12.0 Å². The van der Waals surface area contributed by atoms with Crippen molar-refractivity contribution in [2.24, 2.45) is 0 Å². The van der Waals surface area contributed by atoms with Crippen molar-refractivity contribution in [2.45, 2.75) is 30.1 Å². The SMILES string of the molecule is COCCc1ccc(C(Cl)C2(c3ccccc3)CC2)cc1. The maximum Gasteiger partial charge on any atom is 0.0681 e. The van der Waals surface area contributed by atoms with Crippen LogP contribution in [0.2, 0.25) is 0 Å². The molecule has 0 N–H and O–H groups in total. The largest absolute Gasteiger partial charge is 0.384 e. The zero-order valence-electron chi connectivity index (χ0n) is 12.4. The summed E-state index contributed by atoms with van der Waals surface area (Å²) in [6, 6.07) is 19.4. The lowest BCUT2D eigenvalue weighted by molar-refractivity contribution is 0.202. The van der Waals surface area contributed by atoms with Crippen molar-refractivity contribution in [3.63, 3.8) is 0 Å². The van der Waals surface area contributed by atoms with Crippen LogP contribution in [-0.4, -0.2) is 13.7 Å². The van der Waals surface area contributed by atoms with Gasteiger partial charge in [-0.1, -0.05) is 54.6 Å². The topological polar surface area (TPSA) is 9.23 Å². The molecule has 1 saturated carbocycles. The number of methoxy groups -OCH3 is 1. The molecular formula is C19H21ClO. The van der Waals surface area contributed by atoms with E-state index in [9.17, 15) is 0 Å². The number of alkyl halides is 1. The molecule has 0 radical (unpaired) electrons. The summed E-state index contributed by atoms with van der Waals surface area (Å²) in [5, 5.41) is 0.0522. The van der Waals surface area contributed by atoms with Gasteiger partial charge in [-0.15, -0.1) is 11.6 Å². The molecule has 3 rings (SSSR count). The molecule has 0 heterocycles. The average molecular weight is 301 g/mol. The van der Waals surface area contributed by atoms with Crippen molar-refractivity contribution in [1.82, 2.24) is 0 Å². The fourth-order valence-corrected chi connectivity index (χ4v) is 3.48. The van der Waals surface area contributed by atoms with E-state index in [4.69, 9.17) is 16.3 Å². The summed E-state index contributed by atoms with van der Waals surface area (Å²) in [6.45, 7) is 0.762. The first-order chi connectivity index (χ1) is 10.3. The Morgan fingerprint density at radius 1 is 1.05 bits per heavy atom. The van der Waals surface area contributed by atoms with Crippen LogP contribution in [-0.2, 0) is 16.6 Å². The van der Waals surface area contributed by atoms with Gasteiger partial charge in [-0.05, 0) is 36.0 Å². The van der Waals surface area contributed by atoms with Gasteiger partial charge >= 0.3 is 0 Å². The molecule has 21 heavy (non-hydrogen) atoms. The van der Waals surface area contributed by atoms with Gasteiger partial charge in [-0.25, -0.2) is 0 Å². The fourth-order valence-electron chi connectivity index (χ4n) is 2.99. The van der Waals surface area contributed by atoms with Gasteiger partial charge in [-0.3, -0.25) is 0 Å². The summed E-state index contributed by atoms with van der Waals surface area (Å²) in [7, 11) is 1.74. The highest BCUT2D eigenvalue weighted by Crippen LogP contribution is 2.59. The van der Waals surface area contributed by atoms with Crippen LogP contribution in [0.5, 0.6) is 0 Å². The standard InChI is InChI=1S/C19H21ClO/c1-21-14-11-15-7-9-16(10-8-15)18(20)19(12-13-19)17-5-3-2-4-6-17/h2-10,18H,11-14H2,1H3. The van der Waals surface area contributed by atoms with Crippen LogP contribution in [0.4, 0.5) is 0 Å². The molecule has 1 aliphatic carbocycles. The van der Waals surface area contributed by atoms with Crippen LogP contribution >= 0.6 is 11.6 Å². The third-order valence-electron chi connectivity index (χ3n) is 4.49. The second-order valence-electron chi connectivity index (χ2n) is 5.87. The number of halogens is 1. The lowest BCUT2D eigenvalue weighted by Crippen LogP contribution is -2.14. The Bertz CT molecular complexity index is 572. The number of hydrogen-bond donors (Lipinski definition) is 0. The highest BCUT2D eigenvalue weighted by atomic mass is 35.5.